The summed E-state index contributed by atoms with van der Waals surface area (Å²) in [6, 6.07) is 11.0. The third kappa shape index (κ3) is 3.83. The first kappa shape index (κ1) is 17.5. The van der Waals surface area contributed by atoms with Gasteiger partial charge < -0.3 is 14.5 Å². The Balaban J connectivity index is 1.67. The predicted molar refractivity (Wildman–Crippen MR) is 95.6 cm³/mol. The molecule has 0 fully saturated rings. The lowest BCUT2D eigenvalue weighted by molar-refractivity contribution is -0.147. The fraction of sp³-hybridized carbons (Fsp3) is 0.211. The number of carbonyl (C=O) groups excluding carboxylic acids is 3. The first-order valence-electron chi connectivity index (χ1n) is 8.19. The summed E-state index contributed by atoms with van der Waals surface area (Å²) < 4.78 is 10.5. The molecule has 26 heavy (non-hydrogen) atoms. The van der Waals surface area contributed by atoms with Crippen molar-refractivity contribution in [3.05, 3.63) is 48.2 Å². The lowest BCUT2D eigenvalue weighted by atomic mass is 10.0. The molecule has 0 spiro atoms. The number of hydrogen-bond acceptors (Lipinski definition) is 5. The number of furan rings is 1. The maximum absolute atomic E-state index is 12.1. The number of amides is 3. The van der Waals surface area contributed by atoms with Crippen molar-refractivity contribution in [1.29, 1.82) is 0 Å². The highest BCUT2D eigenvalue weighted by atomic mass is 16.5. The first-order chi connectivity index (χ1) is 12.6. The Bertz CT molecular complexity index is 976. The van der Waals surface area contributed by atoms with Crippen molar-refractivity contribution in [3.63, 3.8) is 0 Å². The molecule has 0 saturated heterocycles. The van der Waals surface area contributed by atoms with Crippen LogP contribution in [0.3, 0.4) is 0 Å². The molecular formula is C19H18N2O5. The third-order valence-electron chi connectivity index (χ3n) is 3.83. The van der Waals surface area contributed by atoms with Gasteiger partial charge in [0.05, 0.1) is 12.7 Å². The Kier molecular flexibility index (Phi) is 5.17. The van der Waals surface area contributed by atoms with Gasteiger partial charge in [-0.1, -0.05) is 30.3 Å². The fourth-order valence-electron chi connectivity index (χ4n) is 2.72. The normalized spacial score (nSPS) is 10.7. The molecule has 3 rings (SSSR count). The van der Waals surface area contributed by atoms with Crippen molar-refractivity contribution in [2.24, 2.45) is 0 Å². The van der Waals surface area contributed by atoms with Crippen LogP contribution >= 0.6 is 0 Å². The zero-order chi connectivity index (χ0) is 18.5. The van der Waals surface area contributed by atoms with Crippen LogP contribution < -0.4 is 10.6 Å². The molecule has 1 aromatic heterocycles. The van der Waals surface area contributed by atoms with Gasteiger partial charge in [-0.3, -0.25) is 14.9 Å². The number of nitrogens with one attached hydrogen (secondary N) is 2. The molecule has 7 heteroatoms. The average molecular weight is 354 g/mol. The molecule has 1 heterocycles. The maximum atomic E-state index is 12.1. The van der Waals surface area contributed by atoms with E-state index in [1.54, 1.807) is 6.92 Å². The predicted octanol–water partition coefficient (Wildman–Crippen LogP) is 2.52. The van der Waals surface area contributed by atoms with E-state index in [0.29, 0.717) is 17.7 Å². The van der Waals surface area contributed by atoms with Crippen LogP contribution in [0.2, 0.25) is 0 Å². The number of imide groups is 1. The highest BCUT2D eigenvalue weighted by molar-refractivity contribution is 6.08. The largest absolute Gasteiger partial charge is 0.464 e. The second kappa shape index (κ2) is 7.69. The smallest absolute Gasteiger partial charge is 0.321 e. The van der Waals surface area contributed by atoms with Gasteiger partial charge in [-0.25, -0.2) is 4.79 Å². The quantitative estimate of drug-likeness (QED) is 0.686. The number of benzene rings is 2. The molecule has 0 bridgehead atoms. The zero-order valence-electron chi connectivity index (χ0n) is 14.2. The Morgan fingerprint density at radius 1 is 1.12 bits per heavy atom. The maximum Gasteiger partial charge on any atom is 0.321 e. The Labute approximate surface area is 149 Å². The van der Waals surface area contributed by atoms with Gasteiger partial charge in [0.1, 0.15) is 5.58 Å². The van der Waals surface area contributed by atoms with Gasteiger partial charge in [-0.2, -0.15) is 0 Å². The summed E-state index contributed by atoms with van der Waals surface area (Å²) in [7, 11) is 0. The van der Waals surface area contributed by atoms with Crippen LogP contribution in [0.15, 0.2) is 47.1 Å². The van der Waals surface area contributed by atoms with Crippen LogP contribution in [0.1, 0.15) is 12.5 Å². The zero-order valence-corrected chi connectivity index (χ0v) is 14.2. The minimum atomic E-state index is -0.688. The van der Waals surface area contributed by atoms with Crippen LogP contribution in [0.5, 0.6) is 0 Å². The monoisotopic (exact) mass is 354 g/mol. The lowest BCUT2D eigenvalue weighted by Gasteiger charge is -2.06. The van der Waals surface area contributed by atoms with Gasteiger partial charge in [-0.15, -0.1) is 0 Å². The van der Waals surface area contributed by atoms with Crippen LogP contribution in [-0.4, -0.2) is 31.1 Å². The van der Waals surface area contributed by atoms with Crippen molar-refractivity contribution in [2.45, 2.75) is 13.3 Å². The molecule has 3 amide bonds. The van der Waals surface area contributed by atoms with Crippen LogP contribution in [-0.2, 0) is 20.7 Å². The SMILES string of the molecule is CCNC(=O)NC(=O)COC(=O)Cc1coc2ccc3ccccc3c12. The summed E-state index contributed by atoms with van der Waals surface area (Å²) in [5, 5.41) is 7.35. The molecule has 0 atom stereocenters. The van der Waals surface area contributed by atoms with Crippen LogP contribution in [0.4, 0.5) is 4.79 Å². The molecule has 0 aliphatic heterocycles. The Morgan fingerprint density at radius 3 is 2.73 bits per heavy atom. The molecule has 0 aliphatic carbocycles. The highest BCUT2D eigenvalue weighted by Gasteiger charge is 2.15. The van der Waals surface area contributed by atoms with Gasteiger partial charge in [0.2, 0.25) is 0 Å². The van der Waals surface area contributed by atoms with Crippen molar-refractivity contribution in [3.8, 4) is 0 Å². The minimum Gasteiger partial charge on any atom is -0.464 e. The summed E-state index contributed by atoms with van der Waals surface area (Å²) in [5.41, 5.74) is 1.37. The average Bonchev–Trinajstić information content (AvgIpc) is 3.03. The molecule has 2 aromatic carbocycles. The van der Waals surface area contributed by atoms with E-state index in [2.05, 4.69) is 10.6 Å². The first-order valence-corrected chi connectivity index (χ1v) is 8.19. The number of hydrogen-bond donors (Lipinski definition) is 2. The van der Waals surface area contributed by atoms with E-state index in [1.807, 2.05) is 36.4 Å². The summed E-state index contributed by atoms with van der Waals surface area (Å²) in [5.74, 6) is -1.27. The molecule has 7 nitrogen and oxygen atoms in total. The second-order valence-corrected chi connectivity index (χ2v) is 5.67. The Morgan fingerprint density at radius 2 is 1.92 bits per heavy atom. The topological polar surface area (TPSA) is 97.6 Å². The standard InChI is InChI=1S/C19H18N2O5/c1-2-20-19(24)21-16(22)11-26-17(23)9-13-10-25-15-8-7-12-5-3-4-6-14(12)18(13)15/h3-8,10H,2,9,11H2,1H3,(H2,20,21,22,24). The third-order valence-corrected chi connectivity index (χ3v) is 3.83. The van der Waals surface area contributed by atoms with Gasteiger partial charge in [0, 0.05) is 17.5 Å². The Hall–Kier alpha value is -3.35. The summed E-state index contributed by atoms with van der Waals surface area (Å²) in [6.45, 7) is 1.59. The van der Waals surface area contributed by atoms with Crippen LogP contribution in [0, 0.1) is 0 Å². The number of urea groups is 1. The number of carbonyl (C=O) groups is 3. The fourth-order valence-corrected chi connectivity index (χ4v) is 2.72. The molecule has 3 aromatic rings. The second-order valence-electron chi connectivity index (χ2n) is 5.67. The molecule has 2 N–H and O–H groups in total. The van der Waals surface area contributed by atoms with E-state index in [9.17, 15) is 14.4 Å². The number of rotatable bonds is 5. The van der Waals surface area contributed by atoms with Gasteiger partial charge >= 0.3 is 12.0 Å². The van der Waals surface area contributed by atoms with E-state index >= 15 is 0 Å². The van der Waals surface area contributed by atoms with Gasteiger partial charge in [-0.05, 0) is 23.8 Å². The summed E-state index contributed by atoms with van der Waals surface area (Å²) >= 11 is 0. The van der Waals surface area contributed by atoms with E-state index in [-0.39, 0.29) is 6.42 Å². The lowest BCUT2D eigenvalue weighted by Crippen LogP contribution is -2.41. The minimum absolute atomic E-state index is 0.0323. The van der Waals surface area contributed by atoms with Crippen LogP contribution in [0.25, 0.3) is 21.7 Å². The van der Waals surface area contributed by atoms with E-state index in [1.165, 1.54) is 6.26 Å². The summed E-state index contributed by atoms with van der Waals surface area (Å²) in [6.07, 6.45) is 1.49. The number of esters is 1. The van der Waals surface area contributed by atoms with Gasteiger partial charge in [0.15, 0.2) is 6.61 Å². The van der Waals surface area contributed by atoms with E-state index in [4.69, 9.17) is 9.15 Å². The molecular weight excluding hydrogens is 336 g/mol. The van der Waals surface area contributed by atoms with Crippen molar-refractivity contribution in [2.75, 3.05) is 13.2 Å². The van der Waals surface area contributed by atoms with Crippen molar-refractivity contribution < 1.29 is 23.5 Å². The van der Waals surface area contributed by atoms with Crippen molar-refractivity contribution in [1.82, 2.24) is 10.6 Å². The van der Waals surface area contributed by atoms with E-state index < -0.39 is 24.5 Å². The molecule has 0 saturated carbocycles. The summed E-state index contributed by atoms with van der Waals surface area (Å²) in [4.78, 5) is 34.8. The molecule has 0 radical (unpaired) electrons. The molecule has 0 aliphatic rings. The molecule has 134 valence electrons. The van der Waals surface area contributed by atoms with E-state index in [0.717, 1.165) is 16.2 Å². The molecule has 0 unspecified atom stereocenters. The highest BCUT2D eigenvalue weighted by Crippen LogP contribution is 2.30. The number of ether oxygens (including phenoxy) is 1. The van der Waals surface area contributed by atoms with Gasteiger partial charge in [0.25, 0.3) is 5.91 Å². The van der Waals surface area contributed by atoms with Crippen molar-refractivity contribution >= 4 is 39.6 Å². The number of fused-ring (bicyclic) bond motifs is 3.